The molecule has 4 heteroatoms. The number of fused-ring (bicyclic) bond motifs is 1. The molecule has 0 fully saturated rings. The lowest BCUT2D eigenvalue weighted by molar-refractivity contribution is 0.398. The van der Waals surface area contributed by atoms with Crippen molar-refractivity contribution in [1.29, 1.82) is 0 Å². The number of aryl methyl sites for hydroxylation is 2. The van der Waals surface area contributed by atoms with Gasteiger partial charge in [0, 0.05) is 30.2 Å². The zero-order valence-corrected chi connectivity index (χ0v) is 12.4. The van der Waals surface area contributed by atoms with Gasteiger partial charge in [-0.05, 0) is 54.5 Å². The molecule has 0 saturated carbocycles. The molecular weight excluding hydrogens is 260 g/mol. The molecule has 2 heterocycles. The number of nitrogens with two attached hydrogens (primary N) is 1. The largest absolute Gasteiger partial charge is 0.271 e. The van der Waals surface area contributed by atoms with E-state index in [1.165, 1.54) is 28.8 Å². The summed E-state index contributed by atoms with van der Waals surface area (Å²) in [6.45, 7) is 2.15. The molecular formula is C17H22N4. The summed E-state index contributed by atoms with van der Waals surface area (Å²) in [4.78, 5) is 8.88. The van der Waals surface area contributed by atoms with E-state index < -0.39 is 0 Å². The molecule has 2 unspecified atom stereocenters. The summed E-state index contributed by atoms with van der Waals surface area (Å²) in [5, 5.41) is 0. The van der Waals surface area contributed by atoms with Crippen molar-refractivity contribution in [3.8, 4) is 0 Å². The molecule has 0 saturated heterocycles. The molecule has 0 bridgehead atoms. The van der Waals surface area contributed by atoms with Gasteiger partial charge in [-0.2, -0.15) is 0 Å². The maximum atomic E-state index is 5.92. The molecule has 0 spiro atoms. The van der Waals surface area contributed by atoms with Crippen molar-refractivity contribution in [2.75, 3.05) is 0 Å². The van der Waals surface area contributed by atoms with Crippen molar-refractivity contribution >= 4 is 0 Å². The monoisotopic (exact) mass is 282 g/mol. The fraction of sp³-hybridized carbons (Fsp3) is 0.412. The van der Waals surface area contributed by atoms with Gasteiger partial charge in [-0.3, -0.25) is 21.2 Å². The number of hydrazine groups is 1. The van der Waals surface area contributed by atoms with Crippen LogP contribution in [0.15, 0.2) is 36.8 Å². The molecule has 2 atom stereocenters. The summed E-state index contributed by atoms with van der Waals surface area (Å²) >= 11 is 0. The summed E-state index contributed by atoms with van der Waals surface area (Å²) in [6.07, 6.45) is 10.1. The first kappa shape index (κ1) is 14.2. The van der Waals surface area contributed by atoms with Gasteiger partial charge in [0.15, 0.2) is 0 Å². The van der Waals surface area contributed by atoms with Gasteiger partial charge in [0.2, 0.25) is 0 Å². The molecule has 2 aromatic rings. The Morgan fingerprint density at radius 1 is 1.38 bits per heavy atom. The molecule has 1 aliphatic rings. The van der Waals surface area contributed by atoms with E-state index >= 15 is 0 Å². The van der Waals surface area contributed by atoms with Crippen LogP contribution in [-0.2, 0) is 12.8 Å². The van der Waals surface area contributed by atoms with Crippen LogP contribution < -0.4 is 11.3 Å². The fourth-order valence-corrected chi connectivity index (χ4v) is 3.43. The highest BCUT2D eigenvalue weighted by Crippen LogP contribution is 2.39. The van der Waals surface area contributed by atoms with Crippen LogP contribution in [0.2, 0.25) is 0 Å². The topological polar surface area (TPSA) is 63.8 Å². The van der Waals surface area contributed by atoms with Crippen LogP contribution in [0.3, 0.4) is 0 Å². The van der Waals surface area contributed by atoms with Crippen molar-refractivity contribution in [1.82, 2.24) is 15.4 Å². The number of hydrogen-bond acceptors (Lipinski definition) is 4. The Balaban J connectivity index is 2.01. The predicted molar refractivity (Wildman–Crippen MR) is 83.6 cm³/mol. The van der Waals surface area contributed by atoms with Gasteiger partial charge in [-0.25, -0.2) is 0 Å². The maximum Gasteiger partial charge on any atom is 0.0547 e. The van der Waals surface area contributed by atoms with Gasteiger partial charge in [-0.1, -0.05) is 13.0 Å². The van der Waals surface area contributed by atoms with Gasteiger partial charge >= 0.3 is 0 Å². The second kappa shape index (κ2) is 6.33. The molecule has 0 radical (unpaired) electrons. The van der Waals surface area contributed by atoms with E-state index in [1.807, 2.05) is 24.7 Å². The number of pyridine rings is 2. The lowest BCUT2D eigenvalue weighted by Gasteiger charge is -2.32. The quantitative estimate of drug-likeness (QED) is 0.668. The first-order chi connectivity index (χ1) is 10.3. The van der Waals surface area contributed by atoms with E-state index in [0.29, 0.717) is 5.92 Å². The molecule has 3 rings (SSSR count). The maximum absolute atomic E-state index is 5.92. The number of aromatic nitrogens is 2. The van der Waals surface area contributed by atoms with Crippen molar-refractivity contribution in [3.63, 3.8) is 0 Å². The van der Waals surface area contributed by atoms with E-state index in [2.05, 4.69) is 34.5 Å². The highest BCUT2D eigenvalue weighted by Gasteiger charge is 2.30. The van der Waals surface area contributed by atoms with Crippen LogP contribution in [0.25, 0.3) is 0 Å². The second-order valence-corrected chi connectivity index (χ2v) is 5.62. The number of rotatable bonds is 4. The lowest BCUT2D eigenvalue weighted by Crippen LogP contribution is -2.35. The molecule has 1 aliphatic carbocycles. The van der Waals surface area contributed by atoms with Gasteiger partial charge < -0.3 is 0 Å². The van der Waals surface area contributed by atoms with Crippen molar-refractivity contribution in [3.05, 3.63) is 59.2 Å². The van der Waals surface area contributed by atoms with E-state index in [1.54, 1.807) is 0 Å². The SMILES string of the molecule is CCc1cnccc1C(NN)C1CCCc2cccnc21. The van der Waals surface area contributed by atoms with Crippen LogP contribution in [0.1, 0.15) is 54.1 Å². The summed E-state index contributed by atoms with van der Waals surface area (Å²) in [6, 6.07) is 6.39. The third-order valence-corrected chi connectivity index (χ3v) is 4.48. The van der Waals surface area contributed by atoms with E-state index in [9.17, 15) is 0 Å². The molecule has 110 valence electrons. The van der Waals surface area contributed by atoms with Gasteiger partial charge in [0.1, 0.15) is 0 Å². The standard InChI is InChI=1S/C17H22N4/c1-2-12-11-19-10-8-14(12)17(21-18)15-7-3-5-13-6-4-9-20-16(13)15/h4,6,8-11,15,17,21H,2-3,5,7,18H2,1H3. The Hall–Kier alpha value is -1.78. The lowest BCUT2D eigenvalue weighted by atomic mass is 9.79. The Kier molecular flexibility index (Phi) is 4.27. The fourth-order valence-electron chi connectivity index (χ4n) is 3.43. The zero-order chi connectivity index (χ0) is 14.7. The minimum atomic E-state index is 0.0944. The summed E-state index contributed by atoms with van der Waals surface area (Å²) < 4.78 is 0. The molecule has 21 heavy (non-hydrogen) atoms. The predicted octanol–water partition coefficient (Wildman–Crippen LogP) is 2.66. The highest BCUT2D eigenvalue weighted by atomic mass is 15.2. The van der Waals surface area contributed by atoms with Crippen LogP contribution in [0, 0.1) is 0 Å². The highest BCUT2D eigenvalue weighted by molar-refractivity contribution is 5.34. The number of nitrogens with zero attached hydrogens (tertiary/aromatic N) is 2. The van der Waals surface area contributed by atoms with Gasteiger partial charge in [0.25, 0.3) is 0 Å². The van der Waals surface area contributed by atoms with Crippen LogP contribution >= 0.6 is 0 Å². The van der Waals surface area contributed by atoms with Gasteiger partial charge in [-0.15, -0.1) is 0 Å². The average Bonchev–Trinajstić information content (AvgIpc) is 2.56. The summed E-state index contributed by atoms with van der Waals surface area (Å²) in [7, 11) is 0. The third kappa shape index (κ3) is 2.69. The van der Waals surface area contributed by atoms with Gasteiger partial charge in [0.05, 0.1) is 6.04 Å². The average molecular weight is 282 g/mol. The summed E-state index contributed by atoms with van der Waals surface area (Å²) in [5.41, 5.74) is 8.10. The Morgan fingerprint density at radius 3 is 3.10 bits per heavy atom. The van der Waals surface area contributed by atoms with Crippen molar-refractivity contribution in [2.45, 2.75) is 44.6 Å². The number of nitrogens with one attached hydrogen (secondary N) is 1. The smallest absolute Gasteiger partial charge is 0.0547 e. The molecule has 4 nitrogen and oxygen atoms in total. The molecule has 2 aromatic heterocycles. The Labute approximate surface area is 125 Å². The zero-order valence-electron chi connectivity index (χ0n) is 12.4. The minimum absolute atomic E-state index is 0.0944. The molecule has 0 aliphatic heterocycles. The van der Waals surface area contributed by atoms with E-state index in [4.69, 9.17) is 5.84 Å². The Morgan fingerprint density at radius 2 is 2.29 bits per heavy atom. The van der Waals surface area contributed by atoms with E-state index in [0.717, 1.165) is 19.3 Å². The first-order valence-corrected chi connectivity index (χ1v) is 7.67. The summed E-state index contributed by atoms with van der Waals surface area (Å²) in [5.74, 6) is 6.24. The minimum Gasteiger partial charge on any atom is -0.271 e. The molecule has 3 N–H and O–H groups in total. The Bertz CT molecular complexity index is 611. The van der Waals surface area contributed by atoms with E-state index in [-0.39, 0.29) is 6.04 Å². The molecule has 0 aromatic carbocycles. The van der Waals surface area contributed by atoms with Crippen LogP contribution in [0.5, 0.6) is 0 Å². The van der Waals surface area contributed by atoms with Crippen molar-refractivity contribution in [2.24, 2.45) is 5.84 Å². The van der Waals surface area contributed by atoms with Crippen LogP contribution in [0.4, 0.5) is 0 Å². The normalized spacial score (nSPS) is 19.0. The first-order valence-electron chi connectivity index (χ1n) is 7.67. The van der Waals surface area contributed by atoms with Crippen LogP contribution in [-0.4, -0.2) is 9.97 Å². The number of hydrogen-bond donors (Lipinski definition) is 2. The second-order valence-electron chi connectivity index (χ2n) is 5.62. The van der Waals surface area contributed by atoms with Crippen molar-refractivity contribution < 1.29 is 0 Å². The molecule has 0 amide bonds. The third-order valence-electron chi connectivity index (χ3n) is 4.48.